The zero-order chi connectivity index (χ0) is 17.4. The molecule has 0 bridgehead atoms. The summed E-state index contributed by atoms with van der Waals surface area (Å²) in [5.74, 6) is 1.33. The molecule has 1 unspecified atom stereocenters. The normalized spacial score (nSPS) is 13.0. The Bertz CT molecular complexity index is 243. The van der Waals surface area contributed by atoms with E-state index in [1.54, 1.807) is 0 Å². The molecule has 0 aliphatic carbocycles. The van der Waals surface area contributed by atoms with Crippen LogP contribution in [0.2, 0.25) is 0 Å². The largest absolute Gasteiger partial charge is 0.396 e. The lowest BCUT2D eigenvalue weighted by Gasteiger charge is -2.08. The average molecular weight is 313 g/mol. The highest BCUT2D eigenvalue weighted by Crippen LogP contribution is 2.14. The molecule has 0 rings (SSSR count). The summed E-state index contributed by atoms with van der Waals surface area (Å²) in [6.07, 6.45) is 9.02. The van der Waals surface area contributed by atoms with Gasteiger partial charge in [-0.05, 0) is 64.2 Å². The van der Waals surface area contributed by atoms with Gasteiger partial charge in [0.25, 0.3) is 0 Å². The van der Waals surface area contributed by atoms with Gasteiger partial charge in [-0.2, -0.15) is 0 Å². The van der Waals surface area contributed by atoms with Gasteiger partial charge in [0, 0.05) is 13.2 Å². The number of aliphatic hydroxyl groups excluding tert-OH is 2. The van der Waals surface area contributed by atoms with Crippen LogP contribution in [0.3, 0.4) is 0 Å². The van der Waals surface area contributed by atoms with Crippen molar-refractivity contribution < 1.29 is 10.2 Å². The molecule has 22 heavy (non-hydrogen) atoms. The second-order valence-corrected chi connectivity index (χ2v) is 6.93. The third-order valence-corrected chi connectivity index (χ3v) is 3.84. The molecule has 0 amide bonds. The lowest BCUT2D eigenvalue weighted by molar-refractivity contribution is 0.257. The highest BCUT2D eigenvalue weighted by Gasteiger charge is 2.00. The van der Waals surface area contributed by atoms with Crippen LogP contribution in [-0.4, -0.2) is 23.4 Å². The molecule has 2 atom stereocenters. The van der Waals surface area contributed by atoms with Gasteiger partial charge in [0.1, 0.15) is 0 Å². The fourth-order valence-electron chi connectivity index (χ4n) is 2.23. The lowest BCUT2D eigenvalue weighted by atomic mass is 10.00. The summed E-state index contributed by atoms with van der Waals surface area (Å²) >= 11 is 0. The highest BCUT2D eigenvalue weighted by molar-refractivity contribution is 4.87. The molecule has 2 nitrogen and oxygen atoms in total. The molecule has 0 aromatic rings. The first kappa shape index (κ1) is 23.7. The second-order valence-electron chi connectivity index (χ2n) is 6.93. The maximum absolute atomic E-state index is 8.63. The summed E-state index contributed by atoms with van der Waals surface area (Å²) in [5.41, 5.74) is 2.53. The topological polar surface area (TPSA) is 40.5 Å². The first-order valence-electron chi connectivity index (χ1n) is 8.83. The van der Waals surface area contributed by atoms with Crippen LogP contribution in [0.25, 0.3) is 0 Å². The van der Waals surface area contributed by atoms with Crippen molar-refractivity contribution in [1.82, 2.24) is 0 Å². The second kappa shape index (κ2) is 16.8. The summed E-state index contributed by atoms with van der Waals surface area (Å²) in [6.45, 7) is 16.9. The number of allylic oxidation sites excluding steroid dienone is 2. The third kappa shape index (κ3) is 21.7. The summed E-state index contributed by atoms with van der Waals surface area (Å²) in [6, 6.07) is 0. The van der Waals surface area contributed by atoms with Crippen LogP contribution in [0.1, 0.15) is 79.1 Å². The quantitative estimate of drug-likeness (QED) is 0.467. The van der Waals surface area contributed by atoms with E-state index in [1.807, 2.05) is 0 Å². The highest BCUT2D eigenvalue weighted by atomic mass is 16.3. The Morgan fingerprint density at radius 1 is 0.727 bits per heavy atom. The van der Waals surface area contributed by atoms with E-state index < -0.39 is 0 Å². The molecule has 132 valence electrons. The van der Waals surface area contributed by atoms with E-state index in [4.69, 9.17) is 10.2 Å². The van der Waals surface area contributed by atoms with E-state index in [0.29, 0.717) is 25.0 Å². The van der Waals surface area contributed by atoms with Crippen LogP contribution in [0.5, 0.6) is 0 Å². The standard InChI is InChI=1S/2C10H20O/c2*1-9(2)5-4-6-10(3)7-8-11/h2*10-11H,1,4-8H2,2-3H3/t10-;/m0./s1. The minimum atomic E-state index is 0.328. The van der Waals surface area contributed by atoms with Gasteiger partial charge in [-0.25, -0.2) is 0 Å². The van der Waals surface area contributed by atoms with Gasteiger partial charge < -0.3 is 10.2 Å². The Morgan fingerprint density at radius 2 is 1.05 bits per heavy atom. The van der Waals surface area contributed by atoms with E-state index in [1.165, 1.54) is 36.8 Å². The Kier molecular flexibility index (Phi) is 18.0. The fraction of sp³-hybridized carbons (Fsp3) is 0.800. The minimum absolute atomic E-state index is 0.328. The van der Waals surface area contributed by atoms with E-state index in [2.05, 4.69) is 40.9 Å². The first-order chi connectivity index (χ1) is 10.3. The van der Waals surface area contributed by atoms with Crippen molar-refractivity contribution in [2.75, 3.05) is 13.2 Å². The number of hydrogen-bond donors (Lipinski definition) is 2. The Hall–Kier alpha value is -0.600. The Balaban J connectivity index is 0. The third-order valence-electron chi connectivity index (χ3n) is 3.84. The molecule has 0 aliphatic rings. The van der Waals surface area contributed by atoms with Crippen molar-refractivity contribution in [2.24, 2.45) is 11.8 Å². The van der Waals surface area contributed by atoms with Crippen LogP contribution in [0.4, 0.5) is 0 Å². The predicted molar refractivity (Wildman–Crippen MR) is 99.1 cm³/mol. The molecule has 0 fully saturated rings. The van der Waals surface area contributed by atoms with E-state index >= 15 is 0 Å². The SMILES string of the molecule is C=C(C)CCCC(C)CCO.C=C(C)CCC[C@H](C)CCO. The molecule has 2 heteroatoms. The van der Waals surface area contributed by atoms with Crippen molar-refractivity contribution in [3.8, 4) is 0 Å². The molecule has 2 N–H and O–H groups in total. The molecule has 0 aromatic heterocycles. The van der Waals surface area contributed by atoms with Gasteiger partial charge in [-0.3, -0.25) is 0 Å². The van der Waals surface area contributed by atoms with Gasteiger partial charge in [-0.1, -0.05) is 37.8 Å². The van der Waals surface area contributed by atoms with Crippen LogP contribution in [0, 0.1) is 11.8 Å². The Morgan fingerprint density at radius 3 is 1.27 bits per heavy atom. The molecule has 0 aliphatic heterocycles. The maximum atomic E-state index is 8.63. The Labute approximate surface area is 139 Å². The molecule has 0 saturated heterocycles. The zero-order valence-corrected chi connectivity index (χ0v) is 15.5. The van der Waals surface area contributed by atoms with E-state index in [9.17, 15) is 0 Å². The van der Waals surface area contributed by atoms with Crippen molar-refractivity contribution in [3.05, 3.63) is 24.3 Å². The molecule has 0 saturated carbocycles. The number of aliphatic hydroxyl groups is 2. The van der Waals surface area contributed by atoms with Crippen molar-refractivity contribution in [1.29, 1.82) is 0 Å². The molecule has 0 heterocycles. The summed E-state index contributed by atoms with van der Waals surface area (Å²) in [5, 5.41) is 17.3. The molecular weight excluding hydrogens is 272 g/mol. The predicted octanol–water partition coefficient (Wildman–Crippen LogP) is 5.50. The van der Waals surface area contributed by atoms with E-state index in [0.717, 1.165) is 25.7 Å². The molecule has 0 radical (unpaired) electrons. The van der Waals surface area contributed by atoms with Crippen molar-refractivity contribution in [2.45, 2.75) is 79.1 Å². The number of hydrogen-bond acceptors (Lipinski definition) is 2. The van der Waals surface area contributed by atoms with Crippen LogP contribution < -0.4 is 0 Å². The monoisotopic (exact) mass is 312 g/mol. The van der Waals surface area contributed by atoms with Gasteiger partial charge in [-0.15, -0.1) is 13.2 Å². The van der Waals surface area contributed by atoms with Crippen molar-refractivity contribution >= 4 is 0 Å². The molecule has 0 spiro atoms. The summed E-state index contributed by atoms with van der Waals surface area (Å²) in [7, 11) is 0. The van der Waals surface area contributed by atoms with Gasteiger partial charge in [0.15, 0.2) is 0 Å². The number of rotatable bonds is 12. The molecule has 0 aromatic carbocycles. The summed E-state index contributed by atoms with van der Waals surface area (Å²) < 4.78 is 0. The van der Waals surface area contributed by atoms with Crippen LogP contribution >= 0.6 is 0 Å². The van der Waals surface area contributed by atoms with E-state index in [-0.39, 0.29) is 0 Å². The maximum Gasteiger partial charge on any atom is 0.0433 e. The smallest absolute Gasteiger partial charge is 0.0433 e. The average Bonchev–Trinajstić information content (AvgIpc) is 2.39. The van der Waals surface area contributed by atoms with Gasteiger partial charge >= 0.3 is 0 Å². The van der Waals surface area contributed by atoms with Crippen LogP contribution in [0.15, 0.2) is 24.3 Å². The lowest BCUT2D eigenvalue weighted by Crippen LogP contribution is -1.97. The van der Waals surface area contributed by atoms with Crippen LogP contribution in [-0.2, 0) is 0 Å². The zero-order valence-electron chi connectivity index (χ0n) is 15.5. The van der Waals surface area contributed by atoms with Crippen molar-refractivity contribution in [3.63, 3.8) is 0 Å². The first-order valence-corrected chi connectivity index (χ1v) is 8.83. The van der Waals surface area contributed by atoms with Gasteiger partial charge in [0.05, 0.1) is 0 Å². The van der Waals surface area contributed by atoms with Gasteiger partial charge in [0.2, 0.25) is 0 Å². The minimum Gasteiger partial charge on any atom is -0.396 e. The fourth-order valence-corrected chi connectivity index (χ4v) is 2.23. The summed E-state index contributed by atoms with van der Waals surface area (Å²) in [4.78, 5) is 0. The molecular formula is C20H40O2.